The van der Waals surface area contributed by atoms with Crippen LogP contribution in [0.4, 0.5) is 14.7 Å². The van der Waals surface area contributed by atoms with Gasteiger partial charge < -0.3 is 10.3 Å². The first-order chi connectivity index (χ1) is 9.66. The lowest BCUT2D eigenvalue weighted by Gasteiger charge is -2.20. The van der Waals surface area contributed by atoms with Crippen LogP contribution >= 0.6 is 0 Å². The highest BCUT2D eigenvalue weighted by atomic mass is 19.1. The number of nitrogen functional groups attached to an aromatic ring is 1. The predicted molar refractivity (Wildman–Crippen MR) is 72.1 cm³/mol. The van der Waals surface area contributed by atoms with Crippen molar-refractivity contribution in [1.82, 2.24) is 5.16 Å². The minimum absolute atomic E-state index is 0.0936. The van der Waals surface area contributed by atoms with E-state index in [0.29, 0.717) is 11.3 Å². The standard InChI is InChI=1S/C15H16F2N2O/c16-10-6-7-11(12(17)8-10)13-14(19-20-15(13)18)9-4-2-1-3-5-9/h6-9H,1-5,18H2. The van der Waals surface area contributed by atoms with Crippen molar-refractivity contribution in [3.63, 3.8) is 0 Å². The van der Waals surface area contributed by atoms with Crippen LogP contribution in [0.25, 0.3) is 11.1 Å². The second kappa shape index (κ2) is 5.23. The maximum absolute atomic E-state index is 14.0. The third kappa shape index (κ3) is 2.28. The van der Waals surface area contributed by atoms with Crippen molar-refractivity contribution in [2.24, 2.45) is 0 Å². The van der Waals surface area contributed by atoms with E-state index in [1.807, 2.05) is 0 Å². The fourth-order valence-corrected chi connectivity index (χ4v) is 2.93. The normalized spacial score (nSPS) is 16.5. The fourth-order valence-electron chi connectivity index (χ4n) is 2.93. The van der Waals surface area contributed by atoms with E-state index < -0.39 is 11.6 Å². The molecule has 2 aromatic rings. The number of nitrogens with two attached hydrogens (primary N) is 1. The van der Waals surface area contributed by atoms with Crippen LogP contribution in [0.1, 0.15) is 43.7 Å². The van der Waals surface area contributed by atoms with Crippen molar-refractivity contribution < 1.29 is 13.3 Å². The van der Waals surface area contributed by atoms with Crippen molar-refractivity contribution in [2.75, 3.05) is 5.73 Å². The van der Waals surface area contributed by atoms with Crippen molar-refractivity contribution in [1.29, 1.82) is 0 Å². The SMILES string of the molecule is Nc1onc(C2CCCCC2)c1-c1ccc(F)cc1F. The molecule has 106 valence electrons. The number of benzene rings is 1. The van der Waals surface area contributed by atoms with Crippen molar-refractivity contribution >= 4 is 5.88 Å². The number of nitrogens with zero attached hydrogens (tertiary/aromatic N) is 1. The Morgan fingerprint density at radius 3 is 2.60 bits per heavy atom. The molecule has 3 rings (SSSR count). The molecule has 1 aromatic carbocycles. The van der Waals surface area contributed by atoms with E-state index in [0.717, 1.165) is 31.7 Å². The summed E-state index contributed by atoms with van der Waals surface area (Å²) in [5.41, 5.74) is 7.24. The van der Waals surface area contributed by atoms with Crippen LogP contribution in [0.5, 0.6) is 0 Å². The molecule has 1 aliphatic rings. The highest BCUT2D eigenvalue weighted by Crippen LogP contribution is 2.41. The molecule has 0 spiro atoms. The average molecular weight is 278 g/mol. The van der Waals surface area contributed by atoms with Crippen LogP contribution in [0.2, 0.25) is 0 Å². The lowest BCUT2D eigenvalue weighted by Crippen LogP contribution is -2.06. The van der Waals surface area contributed by atoms with Crippen molar-refractivity contribution in [3.8, 4) is 11.1 Å². The van der Waals surface area contributed by atoms with Crippen LogP contribution in [0, 0.1) is 11.6 Å². The van der Waals surface area contributed by atoms with Crippen LogP contribution in [0.15, 0.2) is 22.7 Å². The molecule has 5 heteroatoms. The Labute approximate surface area is 115 Å². The molecule has 1 heterocycles. The van der Waals surface area contributed by atoms with E-state index in [-0.39, 0.29) is 17.4 Å². The maximum Gasteiger partial charge on any atom is 0.230 e. The Morgan fingerprint density at radius 2 is 1.90 bits per heavy atom. The number of rotatable bonds is 2. The van der Waals surface area contributed by atoms with E-state index in [2.05, 4.69) is 5.16 Å². The molecular weight excluding hydrogens is 262 g/mol. The number of anilines is 1. The minimum Gasteiger partial charge on any atom is -0.367 e. The molecule has 20 heavy (non-hydrogen) atoms. The Kier molecular flexibility index (Phi) is 3.42. The molecule has 0 atom stereocenters. The van der Waals surface area contributed by atoms with Crippen LogP contribution in [0.3, 0.4) is 0 Å². The molecule has 2 N–H and O–H groups in total. The number of aromatic nitrogens is 1. The molecular formula is C15H16F2N2O. The van der Waals surface area contributed by atoms with Gasteiger partial charge in [-0.15, -0.1) is 0 Å². The summed E-state index contributed by atoms with van der Waals surface area (Å²) < 4.78 is 32.1. The molecule has 0 bridgehead atoms. The first-order valence-corrected chi connectivity index (χ1v) is 6.87. The predicted octanol–water partition coefficient (Wildman–Crippen LogP) is 4.25. The van der Waals surface area contributed by atoms with E-state index in [9.17, 15) is 8.78 Å². The molecule has 1 aliphatic carbocycles. The molecule has 0 radical (unpaired) electrons. The number of hydrogen-bond acceptors (Lipinski definition) is 3. The molecule has 3 nitrogen and oxygen atoms in total. The summed E-state index contributed by atoms with van der Waals surface area (Å²) in [5.74, 6) is -0.919. The number of hydrogen-bond donors (Lipinski definition) is 1. The molecule has 1 aromatic heterocycles. The Morgan fingerprint density at radius 1 is 1.15 bits per heavy atom. The summed E-state index contributed by atoms with van der Waals surface area (Å²) >= 11 is 0. The molecule has 0 aliphatic heterocycles. The molecule has 1 saturated carbocycles. The second-order valence-corrected chi connectivity index (χ2v) is 5.27. The van der Waals surface area contributed by atoms with Gasteiger partial charge in [-0.25, -0.2) is 8.78 Å². The third-order valence-electron chi connectivity index (χ3n) is 3.94. The zero-order chi connectivity index (χ0) is 14.1. The first-order valence-electron chi connectivity index (χ1n) is 6.87. The smallest absolute Gasteiger partial charge is 0.230 e. The van der Waals surface area contributed by atoms with Gasteiger partial charge in [0.2, 0.25) is 5.88 Å². The monoisotopic (exact) mass is 278 g/mol. The lowest BCUT2D eigenvalue weighted by molar-refractivity contribution is 0.388. The highest BCUT2D eigenvalue weighted by molar-refractivity contribution is 5.76. The van der Waals surface area contributed by atoms with Crippen LogP contribution in [-0.2, 0) is 0 Å². The van der Waals surface area contributed by atoms with Crippen molar-refractivity contribution in [2.45, 2.75) is 38.0 Å². The van der Waals surface area contributed by atoms with Gasteiger partial charge in [0.15, 0.2) is 0 Å². The summed E-state index contributed by atoms with van der Waals surface area (Å²) in [4.78, 5) is 0. The van der Waals surface area contributed by atoms with Gasteiger partial charge in [0.05, 0.1) is 11.3 Å². The van der Waals surface area contributed by atoms with E-state index in [4.69, 9.17) is 10.3 Å². The lowest BCUT2D eigenvalue weighted by atomic mass is 9.84. The quantitative estimate of drug-likeness (QED) is 0.893. The van der Waals surface area contributed by atoms with Crippen LogP contribution < -0.4 is 5.73 Å². The van der Waals surface area contributed by atoms with Gasteiger partial charge in [0.1, 0.15) is 11.6 Å². The summed E-state index contributed by atoms with van der Waals surface area (Å²) in [6.07, 6.45) is 5.47. The van der Waals surface area contributed by atoms with Crippen LogP contribution in [-0.4, -0.2) is 5.16 Å². The summed E-state index contributed by atoms with van der Waals surface area (Å²) in [6.45, 7) is 0. The molecule has 1 fully saturated rings. The summed E-state index contributed by atoms with van der Waals surface area (Å²) in [6, 6.07) is 3.46. The van der Waals surface area contributed by atoms with Gasteiger partial charge in [-0.3, -0.25) is 0 Å². The zero-order valence-electron chi connectivity index (χ0n) is 11.0. The maximum atomic E-state index is 14.0. The first kappa shape index (κ1) is 13.1. The summed E-state index contributed by atoms with van der Waals surface area (Å²) in [7, 11) is 0. The highest BCUT2D eigenvalue weighted by Gasteiger charge is 2.26. The van der Waals surface area contributed by atoms with E-state index in [1.54, 1.807) is 0 Å². The van der Waals surface area contributed by atoms with Gasteiger partial charge in [-0.2, -0.15) is 0 Å². The second-order valence-electron chi connectivity index (χ2n) is 5.27. The Balaban J connectivity index is 2.06. The van der Waals surface area contributed by atoms with Gasteiger partial charge in [-0.05, 0) is 25.0 Å². The minimum atomic E-state index is -0.642. The van der Waals surface area contributed by atoms with Gasteiger partial charge in [-0.1, -0.05) is 24.4 Å². The Bertz CT molecular complexity index is 618. The Hall–Kier alpha value is -1.91. The molecule has 0 amide bonds. The third-order valence-corrected chi connectivity index (χ3v) is 3.94. The largest absolute Gasteiger partial charge is 0.367 e. The van der Waals surface area contributed by atoms with Crippen molar-refractivity contribution in [3.05, 3.63) is 35.5 Å². The molecule has 0 unspecified atom stereocenters. The molecule has 0 saturated heterocycles. The van der Waals surface area contributed by atoms with E-state index in [1.165, 1.54) is 18.6 Å². The van der Waals surface area contributed by atoms with Gasteiger partial charge in [0.25, 0.3) is 0 Å². The zero-order valence-corrected chi connectivity index (χ0v) is 11.0. The number of halogens is 2. The van der Waals surface area contributed by atoms with Gasteiger partial charge >= 0.3 is 0 Å². The van der Waals surface area contributed by atoms with E-state index >= 15 is 0 Å². The topological polar surface area (TPSA) is 52.0 Å². The van der Waals surface area contributed by atoms with Gasteiger partial charge in [0, 0.05) is 17.5 Å². The fraction of sp³-hybridized carbons (Fsp3) is 0.400. The average Bonchev–Trinajstić information content (AvgIpc) is 2.82. The summed E-state index contributed by atoms with van der Waals surface area (Å²) in [5, 5.41) is 4.02.